The van der Waals surface area contributed by atoms with Gasteiger partial charge in [-0.1, -0.05) is 0 Å². The zero-order valence-corrected chi connectivity index (χ0v) is 14.7. The molecule has 1 aliphatic carbocycles. The highest BCUT2D eigenvalue weighted by Crippen LogP contribution is 2.28. The SMILES string of the molecule is Cc1cc(C(=O)OCc2nn(-c3ccc(F)cc3)c3c2CCC3)n(C)n1. The molecule has 0 aliphatic heterocycles. The minimum absolute atomic E-state index is 0.111. The number of rotatable bonds is 4. The number of ether oxygens (including phenoxy) is 1. The number of halogens is 1. The molecule has 0 spiro atoms. The molecule has 4 rings (SSSR count). The summed E-state index contributed by atoms with van der Waals surface area (Å²) in [5, 5.41) is 8.78. The van der Waals surface area contributed by atoms with E-state index in [1.807, 2.05) is 11.6 Å². The molecule has 0 bridgehead atoms. The lowest BCUT2D eigenvalue weighted by Gasteiger charge is -2.05. The van der Waals surface area contributed by atoms with Gasteiger partial charge >= 0.3 is 5.97 Å². The first kappa shape index (κ1) is 16.5. The summed E-state index contributed by atoms with van der Waals surface area (Å²) in [5.74, 6) is -0.700. The number of hydrogen-bond acceptors (Lipinski definition) is 4. The Kier molecular flexibility index (Phi) is 4.06. The number of nitrogens with zero attached hydrogens (tertiary/aromatic N) is 4. The van der Waals surface area contributed by atoms with E-state index in [2.05, 4.69) is 10.2 Å². The molecule has 0 amide bonds. The molecule has 0 fully saturated rings. The van der Waals surface area contributed by atoms with Crippen LogP contribution < -0.4 is 0 Å². The van der Waals surface area contributed by atoms with Gasteiger partial charge in [-0.15, -0.1) is 0 Å². The zero-order chi connectivity index (χ0) is 18.3. The Balaban J connectivity index is 1.58. The topological polar surface area (TPSA) is 61.9 Å². The third-order valence-electron chi connectivity index (χ3n) is 4.64. The summed E-state index contributed by atoms with van der Waals surface area (Å²) in [6.45, 7) is 1.94. The van der Waals surface area contributed by atoms with Gasteiger partial charge in [0.25, 0.3) is 0 Å². The number of benzene rings is 1. The lowest BCUT2D eigenvalue weighted by atomic mass is 10.2. The molecule has 0 saturated heterocycles. The number of carbonyl (C=O) groups excluding carboxylic acids is 1. The van der Waals surface area contributed by atoms with Gasteiger partial charge in [-0.05, 0) is 56.5 Å². The number of carbonyl (C=O) groups is 1. The van der Waals surface area contributed by atoms with Crippen molar-refractivity contribution in [1.82, 2.24) is 19.6 Å². The third kappa shape index (κ3) is 2.89. The first-order chi connectivity index (χ1) is 12.5. The van der Waals surface area contributed by atoms with Gasteiger partial charge in [0, 0.05) is 18.3 Å². The monoisotopic (exact) mass is 354 g/mol. The second-order valence-electron chi connectivity index (χ2n) is 6.48. The van der Waals surface area contributed by atoms with Gasteiger partial charge in [0.05, 0.1) is 11.4 Å². The first-order valence-corrected chi connectivity index (χ1v) is 8.56. The summed E-state index contributed by atoms with van der Waals surface area (Å²) in [6, 6.07) is 7.94. The largest absolute Gasteiger partial charge is 0.454 e. The van der Waals surface area contributed by atoms with Crippen LogP contribution in [0.15, 0.2) is 30.3 Å². The lowest BCUT2D eigenvalue weighted by molar-refractivity contribution is 0.0453. The molecule has 0 radical (unpaired) electrons. The maximum atomic E-state index is 13.2. The van der Waals surface area contributed by atoms with Gasteiger partial charge < -0.3 is 4.74 Å². The molecular formula is C19H19FN4O2. The van der Waals surface area contributed by atoms with Gasteiger partial charge in [-0.25, -0.2) is 13.9 Å². The Labute approximate surface area is 150 Å². The molecule has 0 N–H and O–H groups in total. The second-order valence-corrected chi connectivity index (χ2v) is 6.48. The lowest BCUT2D eigenvalue weighted by Crippen LogP contribution is -2.11. The standard InChI is InChI=1S/C19H19FN4O2/c1-12-10-18(23(2)21-12)19(25)26-11-16-15-4-3-5-17(15)24(22-16)14-8-6-13(20)7-9-14/h6-10H,3-5,11H2,1-2H3. The van der Waals surface area contributed by atoms with E-state index >= 15 is 0 Å². The smallest absolute Gasteiger partial charge is 0.356 e. The Bertz CT molecular complexity index is 972. The van der Waals surface area contributed by atoms with E-state index < -0.39 is 5.97 Å². The Hall–Kier alpha value is -2.96. The summed E-state index contributed by atoms with van der Waals surface area (Å²) in [4.78, 5) is 12.3. The van der Waals surface area contributed by atoms with Crippen LogP contribution in [0.5, 0.6) is 0 Å². The Morgan fingerprint density at radius 3 is 2.69 bits per heavy atom. The molecule has 7 heteroatoms. The predicted octanol–water partition coefficient (Wildman–Crippen LogP) is 2.90. The molecule has 0 atom stereocenters. The number of aryl methyl sites for hydroxylation is 2. The van der Waals surface area contributed by atoms with Crippen molar-refractivity contribution in [3.05, 3.63) is 64.5 Å². The van der Waals surface area contributed by atoms with Crippen LogP contribution in [-0.4, -0.2) is 25.5 Å². The van der Waals surface area contributed by atoms with Gasteiger partial charge in [0.15, 0.2) is 0 Å². The van der Waals surface area contributed by atoms with Gasteiger partial charge in [0.2, 0.25) is 0 Å². The maximum absolute atomic E-state index is 13.2. The van der Waals surface area contributed by atoms with Crippen molar-refractivity contribution in [3.63, 3.8) is 0 Å². The van der Waals surface area contributed by atoms with Crippen molar-refractivity contribution >= 4 is 5.97 Å². The Morgan fingerprint density at radius 2 is 2.00 bits per heavy atom. The molecule has 1 aromatic carbocycles. The van der Waals surface area contributed by atoms with E-state index in [1.165, 1.54) is 16.8 Å². The van der Waals surface area contributed by atoms with Gasteiger partial charge in [0.1, 0.15) is 23.8 Å². The molecule has 2 aromatic heterocycles. The van der Waals surface area contributed by atoms with Crippen molar-refractivity contribution in [2.45, 2.75) is 32.8 Å². The third-order valence-corrected chi connectivity index (χ3v) is 4.64. The van der Waals surface area contributed by atoms with Crippen LogP contribution in [-0.2, 0) is 31.2 Å². The molecule has 2 heterocycles. The molecule has 6 nitrogen and oxygen atoms in total. The summed E-state index contributed by atoms with van der Waals surface area (Å²) in [6.07, 6.45) is 2.86. The normalized spacial score (nSPS) is 13.0. The number of aromatic nitrogens is 4. The summed E-state index contributed by atoms with van der Waals surface area (Å²) >= 11 is 0. The fourth-order valence-corrected chi connectivity index (χ4v) is 3.44. The predicted molar refractivity (Wildman–Crippen MR) is 92.6 cm³/mol. The van der Waals surface area contributed by atoms with Crippen molar-refractivity contribution < 1.29 is 13.9 Å². The van der Waals surface area contributed by atoms with Crippen molar-refractivity contribution in [2.24, 2.45) is 7.05 Å². The second kappa shape index (κ2) is 6.40. The maximum Gasteiger partial charge on any atom is 0.356 e. The summed E-state index contributed by atoms with van der Waals surface area (Å²) in [7, 11) is 1.71. The minimum atomic E-state index is -0.420. The fraction of sp³-hybridized carbons (Fsp3) is 0.316. The van der Waals surface area contributed by atoms with E-state index in [0.29, 0.717) is 5.69 Å². The van der Waals surface area contributed by atoms with Crippen LogP contribution in [0.3, 0.4) is 0 Å². The quantitative estimate of drug-likeness (QED) is 0.676. The minimum Gasteiger partial charge on any atom is -0.454 e. The van der Waals surface area contributed by atoms with Crippen LogP contribution in [0.2, 0.25) is 0 Å². The van der Waals surface area contributed by atoms with E-state index in [1.54, 1.807) is 25.2 Å². The van der Waals surface area contributed by atoms with E-state index in [9.17, 15) is 9.18 Å². The highest BCUT2D eigenvalue weighted by atomic mass is 19.1. The molecule has 0 saturated carbocycles. The zero-order valence-electron chi connectivity index (χ0n) is 14.7. The molecule has 134 valence electrons. The number of fused-ring (bicyclic) bond motifs is 1. The molecule has 0 unspecified atom stereocenters. The highest BCUT2D eigenvalue weighted by Gasteiger charge is 2.24. The van der Waals surface area contributed by atoms with Crippen molar-refractivity contribution in [3.8, 4) is 5.69 Å². The van der Waals surface area contributed by atoms with Crippen LogP contribution in [0.1, 0.15) is 39.6 Å². The highest BCUT2D eigenvalue weighted by molar-refractivity contribution is 5.87. The van der Waals surface area contributed by atoms with Crippen molar-refractivity contribution in [1.29, 1.82) is 0 Å². The number of esters is 1. The first-order valence-electron chi connectivity index (χ1n) is 8.56. The molecule has 26 heavy (non-hydrogen) atoms. The van der Waals surface area contributed by atoms with E-state index in [0.717, 1.165) is 47.6 Å². The van der Waals surface area contributed by atoms with Gasteiger partial charge in [-0.3, -0.25) is 4.68 Å². The molecule has 3 aromatic rings. The van der Waals surface area contributed by atoms with E-state index in [-0.39, 0.29) is 12.4 Å². The van der Waals surface area contributed by atoms with E-state index in [4.69, 9.17) is 4.74 Å². The van der Waals surface area contributed by atoms with Gasteiger partial charge in [-0.2, -0.15) is 10.2 Å². The Morgan fingerprint density at radius 1 is 1.23 bits per heavy atom. The fourth-order valence-electron chi connectivity index (χ4n) is 3.44. The van der Waals surface area contributed by atoms with Crippen LogP contribution in [0, 0.1) is 12.7 Å². The summed E-state index contributed by atoms with van der Waals surface area (Å²) < 4.78 is 22.0. The summed E-state index contributed by atoms with van der Waals surface area (Å²) in [5.41, 5.74) is 4.99. The molecular weight excluding hydrogens is 335 g/mol. The van der Waals surface area contributed by atoms with Crippen LogP contribution in [0.4, 0.5) is 4.39 Å². The van der Waals surface area contributed by atoms with Crippen LogP contribution >= 0.6 is 0 Å². The molecule has 1 aliphatic rings. The van der Waals surface area contributed by atoms with Crippen LogP contribution in [0.25, 0.3) is 5.69 Å². The van der Waals surface area contributed by atoms with Crippen molar-refractivity contribution in [2.75, 3.05) is 0 Å². The average molecular weight is 354 g/mol. The average Bonchev–Trinajstić information content (AvgIpc) is 3.29. The number of hydrogen-bond donors (Lipinski definition) is 0.